The van der Waals surface area contributed by atoms with E-state index >= 15 is 0 Å². The van der Waals surface area contributed by atoms with Crippen molar-refractivity contribution < 1.29 is 13.9 Å². The van der Waals surface area contributed by atoms with E-state index < -0.39 is 6.10 Å². The lowest BCUT2D eigenvalue weighted by Crippen LogP contribution is -2.66. The SMILES string of the molecule is C[C@H]1CN(C)[C@@H]2CO[C@@H](C(=O)N3CCc4ccccc4[C@@H]3c3ccc(F)cc3)C[C@@H]2N1. The molecule has 0 bridgehead atoms. The summed E-state index contributed by atoms with van der Waals surface area (Å²) in [5.74, 6) is -0.237. The van der Waals surface area contributed by atoms with Crippen molar-refractivity contribution in [1.82, 2.24) is 15.1 Å². The maximum absolute atomic E-state index is 13.7. The second-order valence-corrected chi connectivity index (χ2v) is 9.17. The number of carbonyl (C=O) groups excluding carboxylic acids is 1. The van der Waals surface area contributed by atoms with E-state index in [2.05, 4.69) is 36.3 Å². The Bertz CT molecular complexity index is 950. The number of nitrogens with one attached hydrogen (secondary N) is 1. The van der Waals surface area contributed by atoms with Crippen LogP contribution >= 0.6 is 0 Å². The van der Waals surface area contributed by atoms with E-state index in [1.807, 2.05) is 17.0 Å². The molecular formula is C25H30FN3O2. The first-order chi connectivity index (χ1) is 15.0. The molecule has 1 N–H and O–H groups in total. The number of piperazine rings is 1. The summed E-state index contributed by atoms with van der Waals surface area (Å²) in [5.41, 5.74) is 3.29. The summed E-state index contributed by atoms with van der Waals surface area (Å²) in [6.45, 7) is 4.36. The van der Waals surface area contributed by atoms with Gasteiger partial charge in [0.15, 0.2) is 0 Å². The molecule has 2 fully saturated rings. The van der Waals surface area contributed by atoms with Crippen molar-refractivity contribution in [2.45, 2.75) is 50.0 Å². The van der Waals surface area contributed by atoms with Gasteiger partial charge in [0.1, 0.15) is 11.9 Å². The molecule has 5 nitrogen and oxygen atoms in total. The van der Waals surface area contributed by atoms with E-state index in [0.717, 1.165) is 24.1 Å². The van der Waals surface area contributed by atoms with Crippen molar-refractivity contribution in [2.24, 2.45) is 0 Å². The van der Waals surface area contributed by atoms with Gasteiger partial charge in [-0.25, -0.2) is 4.39 Å². The summed E-state index contributed by atoms with van der Waals surface area (Å²) in [5, 5.41) is 3.67. The first kappa shape index (κ1) is 20.6. The minimum Gasteiger partial charge on any atom is -0.367 e. The quantitative estimate of drug-likeness (QED) is 0.807. The van der Waals surface area contributed by atoms with Gasteiger partial charge >= 0.3 is 0 Å². The summed E-state index contributed by atoms with van der Waals surface area (Å²) in [4.78, 5) is 18.0. The van der Waals surface area contributed by atoms with E-state index in [4.69, 9.17) is 4.74 Å². The van der Waals surface area contributed by atoms with Gasteiger partial charge in [-0.05, 0) is 55.6 Å². The number of nitrogens with zero attached hydrogens (tertiary/aromatic N) is 2. The van der Waals surface area contributed by atoms with E-state index in [0.29, 0.717) is 31.7 Å². The number of ether oxygens (including phenoxy) is 1. The Labute approximate surface area is 183 Å². The van der Waals surface area contributed by atoms with Gasteiger partial charge in [0.05, 0.1) is 12.6 Å². The number of fused-ring (bicyclic) bond motifs is 2. The zero-order valence-electron chi connectivity index (χ0n) is 18.1. The van der Waals surface area contributed by atoms with Crippen molar-refractivity contribution in [3.63, 3.8) is 0 Å². The fourth-order valence-corrected chi connectivity index (χ4v) is 5.55. The second-order valence-electron chi connectivity index (χ2n) is 9.17. The summed E-state index contributed by atoms with van der Waals surface area (Å²) in [6.07, 6.45) is 1.03. The predicted molar refractivity (Wildman–Crippen MR) is 117 cm³/mol. The number of likely N-dealkylation sites (N-methyl/N-ethyl adjacent to an activating group) is 1. The number of amides is 1. The molecule has 0 unspecified atom stereocenters. The Morgan fingerprint density at radius 3 is 2.74 bits per heavy atom. The van der Waals surface area contributed by atoms with Crippen LogP contribution in [0.4, 0.5) is 4.39 Å². The third kappa shape index (κ3) is 3.88. The largest absolute Gasteiger partial charge is 0.367 e. The van der Waals surface area contributed by atoms with Crippen molar-refractivity contribution in [3.05, 3.63) is 71.0 Å². The third-order valence-electron chi connectivity index (χ3n) is 7.05. The molecular weight excluding hydrogens is 393 g/mol. The maximum atomic E-state index is 13.7. The van der Waals surface area contributed by atoms with Crippen LogP contribution in [0.25, 0.3) is 0 Å². The highest BCUT2D eigenvalue weighted by Gasteiger charge is 2.43. The van der Waals surface area contributed by atoms with E-state index in [1.165, 1.54) is 17.7 Å². The van der Waals surface area contributed by atoms with Crippen LogP contribution < -0.4 is 5.32 Å². The molecule has 0 aromatic heterocycles. The fraction of sp³-hybridized carbons (Fsp3) is 0.480. The molecule has 3 heterocycles. The molecule has 0 aliphatic carbocycles. The first-order valence-corrected chi connectivity index (χ1v) is 11.2. The highest BCUT2D eigenvalue weighted by atomic mass is 19.1. The van der Waals surface area contributed by atoms with Gasteiger partial charge in [0.25, 0.3) is 5.91 Å². The number of carbonyl (C=O) groups is 1. The maximum Gasteiger partial charge on any atom is 0.252 e. The van der Waals surface area contributed by atoms with Gasteiger partial charge in [-0.2, -0.15) is 0 Å². The van der Waals surface area contributed by atoms with Crippen LogP contribution in [0, 0.1) is 5.82 Å². The number of halogens is 1. The normalized spacial score (nSPS) is 31.1. The molecule has 164 valence electrons. The molecule has 2 aromatic rings. The summed E-state index contributed by atoms with van der Waals surface area (Å²) in [7, 11) is 2.13. The van der Waals surface area contributed by atoms with Crippen molar-refractivity contribution >= 4 is 5.91 Å². The molecule has 0 radical (unpaired) electrons. The molecule has 2 aromatic carbocycles. The van der Waals surface area contributed by atoms with Crippen LogP contribution in [-0.2, 0) is 16.0 Å². The summed E-state index contributed by atoms with van der Waals surface area (Å²) >= 11 is 0. The second kappa shape index (κ2) is 8.34. The van der Waals surface area contributed by atoms with Crippen LogP contribution in [0.1, 0.15) is 36.1 Å². The molecule has 31 heavy (non-hydrogen) atoms. The van der Waals surface area contributed by atoms with Crippen molar-refractivity contribution in [3.8, 4) is 0 Å². The Balaban J connectivity index is 1.43. The van der Waals surface area contributed by atoms with Crippen LogP contribution in [0.5, 0.6) is 0 Å². The average molecular weight is 424 g/mol. The molecule has 2 saturated heterocycles. The lowest BCUT2D eigenvalue weighted by Gasteiger charge is -2.48. The van der Waals surface area contributed by atoms with Gasteiger partial charge in [0.2, 0.25) is 0 Å². The summed E-state index contributed by atoms with van der Waals surface area (Å²) < 4.78 is 19.7. The molecule has 3 aliphatic heterocycles. The van der Waals surface area contributed by atoms with Crippen LogP contribution in [0.2, 0.25) is 0 Å². The molecule has 6 heteroatoms. The molecule has 1 amide bonds. The molecule has 5 atom stereocenters. The Morgan fingerprint density at radius 1 is 1.16 bits per heavy atom. The molecule has 0 saturated carbocycles. The summed E-state index contributed by atoms with van der Waals surface area (Å²) in [6, 6.07) is 15.5. The zero-order chi connectivity index (χ0) is 21.5. The van der Waals surface area contributed by atoms with Gasteiger partial charge in [-0.1, -0.05) is 36.4 Å². The number of benzene rings is 2. The van der Waals surface area contributed by atoms with Gasteiger partial charge in [-0.3, -0.25) is 9.69 Å². The minimum atomic E-state index is -0.458. The number of hydrogen-bond donors (Lipinski definition) is 1. The monoisotopic (exact) mass is 423 g/mol. The highest BCUT2D eigenvalue weighted by molar-refractivity contribution is 5.82. The number of rotatable bonds is 2. The van der Waals surface area contributed by atoms with Gasteiger partial charge in [-0.15, -0.1) is 0 Å². The predicted octanol–water partition coefficient (Wildman–Crippen LogP) is 2.75. The van der Waals surface area contributed by atoms with Crippen LogP contribution in [-0.4, -0.2) is 66.7 Å². The Kier molecular flexibility index (Phi) is 5.54. The van der Waals surface area contributed by atoms with Crippen LogP contribution in [0.15, 0.2) is 48.5 Å². The van der Waals surface area contributed by atoms with E-state index in [9.17, 15) is 9.18 Å². The fourth-order valence-electron chi connectivity index (χ4n) is 5.55. The van der Waals surface area contributed by atoms with E-state index in [1.54, 1.807) is 12.1 Å². The Morgan fingerprint density at radius 2 is 1.94 bits per heavy atom. The topological polar surface area (TPSA) is 44.8 Å². The standard InChI is InChI=1S/C25H30FN3O2/c1-16-14-28(2)22-15-31-23(13-21(22)27-16)25(30)29-12-11-17-5-3-4-6-20(17)24(29)18-7-9-19(26)10-8-18/h3-10,16,21-24,27H,11-15H2,1-2H3/t16-,21-,22+,23+,24-/m0/s1. The first-order valence-electron chi connectivity index (χ1n) is 11.2. The molecule has 0 spiro atoms. The number of hydrogen-bond acceptors (Lipinski definition) is 4. The lowest BCUT2D eigenvalue weighted by molar-refractivity contribution is -0.154. The Hall–Kier alpha value is -2.28. The molecule has 3 aliphatic rings. The average Bonchev–Trinajstić information content (AvgIpc) is 2.78. The smallest absolute Gasteiger partial charge is 0.252 e. The third-order valence-corrected chi connectivity index (χ3v) is 7.05. The lowest BCUT2D eigenvalue weighted by atomic mass is 9.87. The van der Waals surface area contributed by atoms with Gasteiger partial charge < -0.3 is 15.0 Å². The molecule has 5 rings (SSSR count). The van der Waals surface area contributed by atoms with Crippen LogP contribution in [0.3, 0.4) is 0 Å². The zero-order valence-corrected chi connectivity index (χ0v) is 18.1. The highest BCUT2D eigenvalue weighted by Crippen LogP contribution is 2.36. The van der Waals surface area contributed by atoms with E-state index in [-0.39, 0.29) is 23.8 Å². The minimum absolute atomic E-state index is 0.0324. The van der Waals surface area contributed by atoms with Crippen molar-refractivity contribution in [2.75, 3.05) is 26.7 Å². The van der Waals surface area contributed by atoms with Crippen molar-refractivity contribution in [1.29, 1.82) is 0 Å². The van der Waals surface area contributed by atoms with Gasteiger partial charge in [0, 0.05) is 31.2 Å².